The third-order valence-electron chi connectivity index (χ3n) is 2.80. The van der Waals surface area contributed by atoms with Gasteiger partial charge in [-0.25, -0.2) is 0 Å². The Hall–Kier alpha value is -1.53. The molecule has 4 nitrogen and oxygen atoms in total. The molecule has 2 aromatic carbocycles. The van der Waals surface area contributed by atoms with Crippen LogP contribution in [-0.4, -0.2) is 11.0 Å². The fourth-order valence-electron chi connectivity index (χ4n) is 1.80. The number of anilines is 1. The highest BCUT2D eigenvalue weighted by Crippen LogP contribution is 2.26. The molecule has 6 heteroatoms. The topological polar surface area (TPSA) is 70.6 Å². The summed E-state index contributed by atoms with van der Waals surface area (Å²) in [5, 5.41) is 15.2. The summed E-state index contributed by atoms with van der Waals surface area (Å²) in [5.74, 6) is 0.109. The van der Waals surface area contributed by atoms with Gasteiger partial charge in [0, 0.05) is 26.7 Å². The Morgan fingerprint density at radius 1 is 1.20 bits per heavy atom. The van der Waals surface area contributed by atoms with E-state index in [0.29, 0.717) is 6.54 Å². The van der Waals surface area contributed by atoms with Gasteiger partial charge in [0.15, 0.2) is 5.84 Å². The van der Waals surface area contributed by atoms with E-state index in [9.17, 15) is 0 Å². The molecule has 0 fully saturated rings. The van der Waals surface area contributed by atoms with Crippen LogP contribution < -0.4 is 11.1 Å². The van der Waals surface area contributed by atoms with Gasteiger partial charge in [-0.3, -0.25) is 0 Å². The van der Waals surface area contributed by atoms with Crippen molar-refractivity contribution in [2.75, 3.05) is 5.32 Å². The highest BCUT2D eigenvalue weighted by atomic mass is 79.9. The van der Waals surface area contributed by atoms with Gasteiger partial charge in [-0.1, -0.05) is 45.4 Å². The average molecular weight is 399 g/mol. The summed E-state index contributed by atoms with van der Waals surface area (Å²) in [6.45, 7) is 0.576. The summed E-state index contributed by atoms with van der Waals surface area (Å²) >= 11 is 6.92. The first-order valence-electron chi connectivity index (χ1n) is 5.86. The maximum atomic E-state index is 8.80. The van der Waals surface area contributed by atoms with Crippen molar-refractivity contribution in [3.63, 3.8) is 0 Å². The highest BCUT2D eigenvalue weighted by Gasteiger charge is 2.07. The van der Waals surface area contributed by atoms with Crippen molar-refractivity contribution in [2.24, 2.45) is 10.9 Å². The number of benzene rings is 2. The largest absolute Gasteiger partial charge is 0.409 e. The van der Waals surface area contributed by atoms with Crippen LogP contribution in [-0.2, 0) is 6.54 Å². The maximum absolute atomic E-state index is 8.80. The minimum absolute atomic E-state index is 0.109. The molecular formula is C14H13Br2N3O. The van der Waals surface area contributed by atoms with Gasteiger partial charge in [-0.15, -0.1) is 0 Å². The molecule has 0 aromatic heterocycles. The Morgan fingerprint density at radius 3 is 2.65 bits per heavy atom. The van der Waals surface area contributed by atoms with E-state index >= 15 is 0 Å². The summed E-state index contributed by atoms with van der Waals surface area (Å²) in [6, 6.07) is 13.4. The van der Waals surface area contributed by atoms with Crippen LogP contribution in [0.4, 0.5) is 5.69 Å². The van der Waals surface area contributed by atoms with Crippen molar-refractivity contribution in [3.8, 4) is 0 Å². The Morgan fingerprint density at radius 2 is 1.95 bits per heavy atom. The number of nitrogens with zero attached hydrogens (tertiary/aromatic N) is 1. The summed E-state index contributed by atoms with van der Waals surface area (Å²) in [7, 11) is 0. The fourth-order valence-corrected chi connectivity index (χ4v) is 2.99. The van der Waals surface area contributed by atoms with Crippen molar-refractivity contribution in [1.29, 1.82) is 0 Å². The predicted molar refractivity (Wildman–Crippen MR) is 88.1 cm³/mol. The Kier molecular flexibility index (Phi) is 5.03. The van der Waals surface area contributed by atoms with Crippen LogP contribution >= 0.6 is 31.9 Å². The minimum Gasteiger partial charge on any atom is -0.409 e. The summed E-state index contributed by atoms with van der Waals surface area (Å²) in [4.78, 5) is 0. The Labute approximate surface area is 133 Å². The summed E-state index contributed by atoms with van der Waals surface area (Å²) in [5.41, 5.74) is 8.32. The van der Waals surface area contributed by atoms with Crippen LogP contribution in [0.1, 0.15) is 11.1 Å². The normalized spacial score (nSPS) is 11.4. The van der Waals surface area contributed by atoms with E-state index in [0.717, 1.165) is 25.8 Å². The molecular weight excluding hydrogens is 386 g/mol. The molecule has 0 amide bonds. The van der Waals surface area contributed by atoms with Gasteiger partial charge in [0.1, 0.15) is 0 Å². The maximum Gasteiger partial charge on any atom is 0.170 e. The first-order chi connectivity index (χ1) is 9.61. The van der Waals surface area contributed by atoms with Gasteiger partial charge in [0.25, 0.3) is 0 Å². The number of halogens is 2. The first-order valence-corrected chi connectivity index (χ1v) is 7.45. The number of nitrogens with two attached hydrogens (primary N) is 1. The van der Waals surface area contributed by atoms with Crippen molar-refractivity contribution < 1.29 is 5.21 Å². The van der Waals surface area contributed by atoms with Crippen LogP contribution in [0.2, 0.25) is 0 Å². The smallest absolute Gasteiger partial charge is 0.170 e. The van der Waals surface area contributed by atoms with Crippen LogP contribution in [0.3, 0.4) is 0 Å². The zero-order chi connectivity index (χ0) is 14.5. The molecule has 0 unspecified atom stereocenters. The number of oxime groups is 1. The van der Waals surface area contributed by atoms with Crippen LogP contribution in [0, 0.1) is 0 Å². The van der Waals surface area contributed by atoms with Crippen molar-refractivity contribution in [3.05, 3.63) is 62.5 Å². The fraction of sp³-hybridized carbons (Fsp3) is 0.0714. The molecule has 0 aliphatic carbocycles. The number of hydrogen-bond acceptors (Lipinski definition) is 3. The minimum atomic E-state index is 0.109. The van der Waals surface area contributed by atoms with E-state index in [4.69, 9.17) is 10.9 Å². The molecule has 2 rings (SSSR count). The predicted octanol–water partition coefficient (Wildman–Crippen LogP) is 3.92. The molecule has 0 heterocycles. The standard InChI is InChI=1S/C14H13Br2N3O/c15-10-5-6-13(12(16)7-10)18-8-9-3-1-2-4-11(9)14(17)19-20/h1-7,18,20H,8H2,(H2,17,19). The van der Waals surface area contributed by atoms with E-state index in [1.807, 2.05) is 42.5 Å². The lowest BCUT2D eigenvalue weighted by molar-refractivity contribution is 0.318. The van der Waals surface area contributed by atoms with Crippen molar-refractivity contribution in [2.45, 2.75) is 6.54 Å². The molecule has 20 heavy (non-hydrogen) atoms. The molecule has 0 bridgehead atoms. The number of amidine groups is 1. The monoisotopic (exact) mass is 397 g/mol. The van der Waals surface area contributed by atoms with Gasteiger partial charge < -0.3 is 16.3 Å². The van der Waals surface area contributed by atoms with Crippen molar-refractivity contribution in [1.82, 2.24) is 0 Å². The lowest BCUT2D eigenvalue weighted by Gasteiger charge is -2.12. The van der Waals surface area contributed by atoms with Crippen molar-refractivity contribution >= 4 is 43.4 Å². The lowest BCUT2D eigenvalue weighted by atomic mass is 10.1. The molecule has 104 valence electrons. The highest BCUT2D eigenvalue weighted by molar-refractivity contribution is 9.11. The second-order valence-corrected chi connectivity index (χ2v) is 5.89. The second-order valence-electron chi connectivity index (χ2n) is 4.12. The second kappa shape index (κ2) is 6.76. The van der Waals surface area contributed by atoms with Gasteiger partial charge in [-0.2, -0.15) is 0 Å². The van der Waals surface area contributed by atoms with Crippen LogP contribution in [0.5, 0.6) is 0 Å². The Bertz CT molecular complexity index is 644. The molecule has 0 saturated carbocycles. The van der Waals surface area contributed by atoms with Gasteiger partial charge in [0.05, 0.1) is 0 Å². The van der Waals surface area contributed by atoms with Crippen LogP contribution in [0.25, 0.3) is 0 Å². The van der Waals surface area contributed by atoms with E-state index in [1.165, 1.54) is 0 Å². The molecule has 2 aromatic rings. The lowest BCUT2D eigenvalue weighted by Crippen LogP contribution is -2.16. The van der Waals surface area contributed by atoms with Gasteiger partial charge in [0.2, 0.25) is 0 Å². The van der Waals surface area contributed by atoms with Gasteiger partial charge in [-0.05, 0) is 39.7 Å². The third-order valence-corrected chi connectivity index (χ3v) is 3.95. The summed E-state index contributed by atoms with van der Waals surface area (Å²) in [6.07, 6.45) is 0. The first kappa shape index (κ1) is 14.9. The molecule has 0 aliphatic rings. The quantitative estimate of drug-likeness (QED) is 0.316. The molecule has 0 spiro atoms. The van der Waals surface area contributed by atoms with E-state index in [-0.39, 0.29) is 5.84 Å². The summed E-state index contributed by atoms with van der Waals surface area (Å²) < 4.78 is 1.97. The van der Waals surface area contributed by atoms with E-state index < -0.39 is 0 Å². The number of nitrogens with one attached hydrogen (secondary N) is 1. The zero-order valence-corrected chi connectivity index (χ0v) is 13.6. The molecule has 4 N–H and O–H groups in total. The average Bonchev–Trinajstić information content (AvgIpc) is 2.46. The van der Waals surface area contributed by atoms with Gasteiger partial charge >= 0.3 is 0 Å². The third kappa shape index (κ3) is 3.52. The molecule has 0 atom stereocenters. The molecule has 0 aliphatic heterocycles. The molecule has 0 radical (unpaired) electrons. The molecule has 0 saturated heterocycles. The van der Waals surface area contributed by atoms with Crippen LogP contribution in [0.15, 0.2) is 56.6 Å². The van der Waals surface area contributed by atoms with E-state index in [1.54, 1.807) is 0 Å². The number of hydrogen-bond donors (Lipinski definition) is 3. The Balaban J connectivity index is 2.19. The SMILES string of the molecule is NC(=NO)c1ccccc1CNc1ccc(Br)cc1Br. The zero-order valence-electron chi connectivity index (χ0n) is 10.5. The van der Waals surface area contributed by atoms with E-state index in [2.05, 4.69) is 42.3 Å². The number of rotatable bonds is 4.